The lowest BCUT2D eigenvalue weighted by Crippen LogP contribution is -2.32. The summed E-state index contributed by atoms with van der Waals surface area (Å²) >= 11 is 5.89. The van der Waals surface area contributed by atoms with Crippen LogP contribution in [-0.2, 0) is 11.2 Å². The summed E-state index contributed by atoms with van der Waals surface area (Å²) in [5, 5.41) is 6.87. The Hall–Kier alpha value is -2.18. The Morgan fingerprint density at radius 3 is 2.85 bits per heavy atom. The maximum Gasteiger partial charge on any atom is 0.270 e. The first-order valence-corrected chi connectivity index (χ1v) is 9.22. The zero-order valence-electron chi connectivity index (χ0n) is 14.8. The molecule has 1 aromatic carbocycles. The minimum Gasteiger partial charge on any atom is -0.376 e. The molecule has 138 valence electrons. The summed E-state index contributed by atoms with van der Waals surface area (Å²) in [5.41, 5.74) is 1.55. The van der Waals surface area contributed by atoms with Gasteiger partial charge in [0.25, 0.3) is 5.91 Å². The van der Waals surface area contributed by atoms with Crippen molar-refractivity contribution in [1.82, 2.24) is 15.3 Å². The van der Waals surface area contributed by atoms with Crippen molar-refractivity contribution in [1.29, 1.82) is 0 Å². The maximum atomic E-state index is 12.3. The number of rotatable bonds is 7. The molecular formula is C19H23ClN4O2. The normalized spacial score (nSPS) is 16.5. The van der Waals surface area contributed by atoms with Crippen molar-refractivity contribution in [3.05, 3.63) is 52.4 Å². The van der Waals surface area contributed by atoms with Gasteiger partial charge < -0.3 is 15.4 Å². The Bertz CT molecular complexity index is 746. The maximum absolute atomic E-state index is 12.3. The number of anilines is 1. The summed E-state index contributed by atoms with van der Waals surface area (Å²) in [6.45, 7) is 3.77. The van der Waals surface area contributed by atoms with E-state index in [9.17, 15) is 4.79 Å². The number of nitrogens with zero attached hydrogens (tertiary/aromatic N) is 2. The molecule has 0 bridgehead atoms. The predicted octanol–water partition coefficient (Wildman–Crippen LogP) is 3.00. The highest BCUT2D eigenvalue weighted by atomic mass is 35.5. The molecule has 2 N–H and O–H groups in total. The number of carbonyl (C=O) groups excluding carboxylic acids is 1. The van der Waals surface area contributed by atoms with Crippen LogP contribution < -0.4 is 10.6 Å². The average molecular weight is 375 g/mol. The van der Waals surface area contributed by atoms with E-state index in [4.69, 9.17) is 16.3 Å². The van der Waals surface area contributed by atoms with Gasteiger partial charge in [-0.1, -0.05) is 23.7 Å². The highest BCUT2D eigenvalue weighted by Gasteiger charge is 2.17. The number of halogens is 1. The number of hydrogen-bond donors (Lipinski definition) is 2. The van der Waals surface area contributed by atoms with E-state index in [1.54, 1.807) is 13.0 Å². The van der Waals surface area contributed by atoms with Crippen LogP contribution in [0.25, 0.3) is 0 Å². The molecule has 0 aliphatic carbocycles. The standard InChI is InChI=1S/C19H23ClN4O2/c1-13-23-17(19(25)22-12-16-3-2-10-26-16)11-18(24-13)21-9-8-14-4-6-15(20)7-5-14/h4-7,11,16H,2-3,8-10,12H2,1H3,(H,22,25)(H,21,23,24). The van der Waals surface area contributed by atoms with E-state index in [2.05, 4.69) is 20.6 Å². The van der Waals surface area contributed by atoms with Crippen molar-refractivity contribution in [2.45, 2.75) is 32.3 Å². The third-order valence-corrected chi connectivity index (χ3v) is 4.47. The SMILES string of the molecule is Cc1nc(NCCc2ccc(Cl)cc2)cc(C(=O)NCC2CCCO2)n1. The molecule has 7 heteroatoms. The zero-order chi connectivity index (χ0) is 18.4. The van der Waals surface area contributed by atoms with E-state index >= 15 is 0 Å². The predicted molar refractivity (Wildman–Crippen MR) is 102 cm³/mol. The van der Waals surface area contributed by atoms with Crippen molar-refractivity contribution in [3.8, 4) is 0 Å². The molecule has 1 saturated heterocycles. The summed E-state index contributed by atoms with van der Waals surface area (Å²) in [4.78, 5) is 20.9. The molecule has 2 heterocycles. The van der Waals surface area contributed by atoms with Gasteiger partial charge in [-0.25, -0.2) is 9.97 Å². The van der Waals surface area contributed by atoms with Crippen LogP contribution in [0.1, 0.15) is 34.7 Å². The molecule has 0 saturated carbocycles. The third-order valence-electron chi connectivity index (χ3n) is 4.22. The van der Waals surface area contributed by atoms with Gasteiger partial charge >= 0.3 is 0 Å². The fourth-order valence-corrected chi connectivity index (χ4v) is 2.99. The second kappa shape index (κ2) is 8.96. The molecule has 1 aliphatic rings. The lowest BCUT2D eigenvalue weighted by atomic mass is 10.1. The third kappa shape index (κ3) is 5.41. The molecule has 3 rings (SSSR count). The summed E-state index contributed by atoms with van der Waals surface area (Å²) in [6.07, 6.45) is 2.98. The molecule has 1 unspecified atom stereocenters. The van der Waals surface area contributed by atoms with E-state index < -0.39 is 0 Å². The molecule has 1 aliphatic heterocycles. The number of aryl methyl sites for hydroxylation is 1. The number of ether oxygens (including phenoxy) is 1. The Kier molecular flexibility index (Phi) is 6.41. The first-order chi connectivity index (χ1) is 12.6. The summed E-state index contributed by atoms with van der Waals surface area (Å²) in [5.74, 6) is 1.00. The second-order valence-corrected chi connectivity index (χ2v) is 6.77. The van der Waals surface area contributed by atoms with Crippen LogP contribution in [0.5, 0.6) is 0 Å². The molecule has 1 fully saturated rings. The first-order valence-electron chi connectivity index (χ1n) is 8.84. The molecular weight excluding hydrogens is 352 g/mol. The van der Waals surface area contributed by atoms with Crippen molar-refractivity contribution >= 4 is 23.3 Å². The quantitative estimate of drug-likeness (QED) is 0.779. The fourth-order valence-electron chi connectivity index (χ4n) is 2.86. The van der Waals surface area contributed by atoms with Crippen molar-refractivity contribution < 1.29 is 9.53 Å². The van der Waals surface area contributed by atoms with Crippen LogP contribution in [0.15, 0.2) is 30.3 Å². The van der Waals surface area contributed by atoms with Crippen LogP contribution in [0, 0.1) is 6.92 Å². The van der Waals surface area contributed by atoms with Gasteiger partial charge in [0.05, 0.1) is 6.10 Å². The lowest BCUT2D eigenvalue weighted by molar-refractivity contribution is 0.0853. The molecule has 1 atom stereocenters. The lowest BCUT2D eigenvalue weighted by Gasteiger charge is -2.12. The van der Waals surface area contributed by atoms with Gasteiger partial charge in [-0.15, -0.1) is 0 Å². The Labute approximate surface area is 158 Å². The monoisotopic (exact) mass is 374 g/mol. The van der Waals surface area contributed by atoms with Crippen LogP contribution in [0.4, 0.5) is 5.82 Å². The van der Waals surface area contributed by atoms with Crippen molar-refractivity contribution in [2.75, 3.05) is 25.0 Å². The summed E-state index contributed by atoms with van der Waals surface area (Å²) in [6, 6.07) is 9.43. The first kappa shape index (κ1) is 18.6. The fraction of sp³-hybridized carbons (Fsp3) is 0.421. The van der Waals surface area contributed by atoms with Gasteiger partial charge in [-0.3, -0.25) is 4.79 Å². The van der Waals surface area contributed by atoms with Gasteiger partial charge in [-0.2, -0.15) is 0 Å². The van der Waals surface area contributed by atoms with E-state index in [1.807, 2.05) is 24.3 Å². The van der Waals surface area contributed by atoms with Crippen LogP contribution in [0.3, 0.4) is 0 Å². The number of aromatic nitrogens is 2. The zero-order valence-corrected chi connectivity index (χ0v) is 15.6. The van der Waals surface area contributed by atoms with Crippen molar-refractivity contribution in [3.63, 3.8) is 0 Å². The highest BCUT2D eigenvalue weighted by molar-refractivity contribution is 6.30. The molecule has 6 nitrogen and oxygen atoms in total. The number of amides is 1. The molecule has 26 heavy (non-hydrogen) atoms. The molecule has 1 aromatic heterocycles. The van der Waals surface area contributed by atoms with Crippen LogP contribution >= 0.6 is 11.6 Å². The topological polar surface area (TPSA) is 76.1 Å². The highest BCUT2D eigenvalue weighted by Crippen LogP contribution is 2.12. The second-order valence-electron chi connectivity index (χ2n) is 6.33. The van der Waals surface area contributed by atoms with Gasteiger partial charge in [0.15, 0.2) is 0 Å². The van der Waals surface area contributed by atoms with E-state index in [0.29, 0.717) is 30.4 Å². The van der Waals surface area contributed by atoms with Crippen LogP contribution in [-0.4, -0.2) is 41.7 Å². The average Bonchev–Trinajstić information content (AvgIpc) is 3.14. The van der Waals surface area contributed by atoms with Gasteiger partial charge in [0.2, 0.25) is 0 Å². The van der Waals surface area contributed by atoms with Gasteiger partial charge in [-0.05, 0) is 43.9 Å². The molecule has 2 aromatic rings. The Morgan fingerprint density at radius 1 is 1.31 bits per heavy atom. The largest absolute Gasteiger partial charge is 0.376 e. The van der Waals surface area contributed by atoms with E-state index in [-0.39, 0.29) is 12.0 Å². The minimum absolute atomic E-state index is 0.110. The number of nitrogens with one attached hydrogen (secondary N) is 2. The smallest absolute Gasteiger partial charge is 0.270 e. The van der Waals surface area contributed by atoms with E-state index in [1.165, 1.54) is 5.56 Å². The van der Waals surface area contributed by atoms with Gasteiger partial charge in [0.1, 0.15) is 17.3 Å². The summed E-state index contributed by atoms with van der Waals surface area (Å²) in [7, 11) is 0. The van der Waals surface area contributed by atoms with E-state index in [0.717, 1.165) is 30.9 Å². The number of benzene rings is 1. The molecule has 0 radical (unpaired) electrons. The van der Waals surface area contributed by atoms with Crippen molar-refractivity contribution in [2.24, 2.45) is 0 Å². The van der Waals surface area contributed by atoms with Crippen LogP contribution in [0.2, 0.25) is 5.02 Å². The van der Waals surface area contributed by atoms with Gasteiger partial charge in [0, 0.05) is 30.8 Å². The summed E-state index contributed by atoms with van der Waals surface area (Å²) < 4.78 is 5.52. The Balaban J connectivity index is 1.54. The molecule has 1 amide bonds. The number of hydrogen-bond acceptors (Lipinski definition) is 5. The minimum atomic E-state index is -0.202. The Morgan fingerprint density at radius 2 is 2.12 bits per heavy atom. The molecule has 0 spiro atoms. The number of carbonyl (C=O) groups is 1.